The molecule has 3 nitrogen and oxygen atoms in total. The van der Waals surface area contributed by atoms with Crippen LogP contribution in [0.3, 0.4) is 0 Å². The van der Waals surface area contributed by atoms with Crippen LogP contribution < -0.4 is 5.32 Å². The van der Waals surface area contributed by atoms with Crippen LogP contribution >= 0.6 is 0 Å². The summed E-state index contributed by atoms with van der Waals surface area (Å²) in [7, 11) is 0. The van der Waals surface area contributed by atoms with Gasteiger partial charge in [-0.25, -0.2) is 4.98 Å². The van der Waals surface area contributed by atoms with Gasteiger partial charge in [0, 0.05) is 12.2 Å². The number of aromatic nitrogens is 1. The molecule has 18 heavy (non-hydrogen) atoms. The predicted octanol–water partition coefficient (Wildman–Crippen LogP) is 2.56. The van der Waals surface area contributed by atoms with E-state index in [0.717, 1.165) is 25.0 Å². The molecule has 0 fully saturated rings. The molecule has 100 valence electrons. The highest BCUT2D eigenvalue weighted by molar-refractivity contribution is 5.40. The topological polar surface area (TPSA) is 34.1 Å². The maximum Gasteiger partial charge on any atom is 0.411 e. The Kier molecular flexibility index (Phi) is 4.06. The van der Waals surface area contributed by atoms with Gasteiger partial charge in [-0.1, -0.05) is 6.07 Å². The number of pyridine rings is 1. The molecule has 0 amide bonds. The number of halogens is 3. The monoisotopic (exact) mass is 260 g/mol. The number of fused-ring (bicyclic) bond motifs is 1. The van der Waals surface area contributed by atoms with Crippen molar-refractivity contribution in [3.8, 4) is 0 Å². The molecular formula is C12H15F3N2O. The van der Waals surface area contributed by atoms with Crippen molar-refractivity contribution in [2.75, 3.05) is 25.1 Å². The summed E-state index contributed by atoms with van der Waals surface area (Å²) >= 11 is 0. The van der Waals surface area contributed by atoms with Gasteiger partial charge in [0.15, 0.2) is 0 Å². The third-order valence-corrected chi connectivity index (χ3v) is 2.75. The predicted molar refractivity (Wildman–Crippen MR) is 61.6 cm³/mol. The van der Waals surface area contributed by atoms with Crippen molar-refractivity contribution < 1.29 is 17.9 Å². The third-order valence-electron chi connectivity index (χ3n) is 2.75. The SMILES string of the molecule is FC(F)(F)COCCNc1ccc2c(n1)CCC2. The molecule has 0 aliphatic heterocycles. The van der Waals surface area contributed by atoms with Crippen LogP contribution in [0.2, 0.25) is 0 Å². The first-order chi connectivity index (χ1) is 8.54. The lowest BCUT2D eigenvalue weighted by molar-refractivity contribution is -0.172. The van der Waals surface area contributed by atoms with E-state index in [1.54, 1.807) is 0 Å². The zero-order valence-electron chi connectivity index (χ0n) is 9.89. The lowest BCUT2D eigenvalue weighted by Crippen LogP contribution is -2.20. The highest BCUT2D eigenvalue weighted by Gasteiger charge is 2.27. The molecule has 1 aliphatic rings. The molecule has 1 aromatic rings. The number of aryl methyl sites for hydroxylation is 2. The summed E-state index contributed by atoms with van der Waals surface area (Å²) < 4.78 is 39.9. The van der Waals surface area contributed by atoms with Gasteiger partial charge in [-0.2, -0.15) is 13.2 Å². The van der Waals surface area contributed by atoms with Crippen LogP contribution in [0.4, 0.5) is 19.0 Å². The molecule has 0 saturated carbocycles. The van der Waals surface area contributed by atoms with Crippen LogP contribution in [0.15, 0.2) is 12.1 Å². The Hall–Kier alpha value is -1.30. The summed E-state index contributed by atoms with van der Waals surface area (Å²) in [6.07, 6.45) is -1.08. The van der Waals surface area contributed by atoms with E-state index in [1.165, 1.54) is 5.56 Å². The molecule has 0 radical (unpaired) electrons. The Morgan fingerprint density at radius 1 is 1.28 bits per heavy atom. The number of alkyl halides is 3. The Labute approximate surface area is 103 Å². The van der Waals surface area contributed by atoms with Gasteiger partial charge in [0.05, 0.1) is 6.61 Å². The van der Waals surface area contributed by atoms with Crippen molar-refractivity contribution >= 4 is 5.82 Å². The van der Waals surface area contributed by atoms with Gasteiger partial charge in [0.25, 0.3) is 0 Å². The van der Waals surface area contributed by atoms with Gasteiger partial charge in [0.1, 0.15) is 12.4 Å². The maximum absolute atomic E-state index is 11.8. The zero-order chi connectivity index (χ0) is 13.0. The van der Waals surface area contributed by atoms with Crippen LogP contribution in [0.1, 0.15) is 17.7 Å². The second-order valence-corrected chi connectivity index (χ2v) is 4.25. The highest BCUT2D eigenvalue weighted by atomic mass is 19.4. The first-order valence-electron chi connectivity index (χ1n) is 5.92. The van der Waals surface area contributed by atoms with Crippen molar-refractivity contribution in [1.82, 2.24) is 4.98 Å². The van der Waals surface area contributed by atoms with E-state index >= 15 is 0 Å². The molecule has 0 saturated heterocycles. The van der Waals surface area contributed by atoms with Crippen LogP contribution in [0.25, 0.3) is 0 Å². The van der Waals surface area contributed by atoms with E-state index in [9.17, 15) is 13.2 Å². The minimum Gasteiger partial charge on any atom is -0.370 e. The first kappa shape index (κ1) is 13.1. The fourth-order valence-corrected chi connectivity index (χ4v) is 1.96. The van der Waals surface area contributed by atoms with Crippen LogP contribution in [-0.4, -0.2) is 30.9 Å². The van der Waals surface area contributed by atoms with E-state index < -0.39 is 12.8 Å². The number of hydrogen-bond donors (Lipinski definition) is 1. The summed E-state index contributed by atoms with van der Waals surface area (Å²) in [5, 5.41) is 2.96. The molecular weight excluding hydrogens is 245 g/mol. The Bertz CT molecular complexity index is 407. The second-order valence-electron chi connectivity index (χ2n) is 4.25. The molecule has 1 aromatic heterocycles. The Morgan fingerprint density at radius 2 is 2.11 bits per heavy atom. The summed E-state index contributed by atoms with van der Waals surface area (Å²) in [4.78, 5) is 4.41. The van der Waals surface area contributed by atoms with Gasteiger partial charge in [-0.3, -0.25) is 0 Å². The summed E-state index contributed by atoms with van der Waals surface area (Å²) in [5.74, 6) is 0.700. The Balaban J connectivity index is 1.71. The molecule has 0 spiro atoms. The first-order valence-corrected chi connectivity index (χ1v) is 5.92. The molecule has 2 rings (SSSR count). The van der Waals surface area contributed by atoms with E-state index in [-0.39, 0.29) is 6.61 Å². The van der Waals surface area contributed by atoms with Crippen molar-refractivity contribution in [2.24, 2.45) is 0 Å². The number of hydrogen-bond acceptors (Lipinski definition) is 3. The largest absolute Gasteiger partial charge is 0.411 e. The van der Waals surface area contributed by atoms with Gasteiger partial charge in [0.2, 0.25) is 0 Å². The lowest BCUT2D eigenvalue weighted by Gasteiger charge is -2.09. The highest BCUT2D eigenvalue weighted by Crippen LogP contribution is 2.21. The van der Waals surface area contributed by atoms with Gasteiger partial charge in [-0.15, -0.1) is 0 Å². The number of ether oxygens (including phenoxy) is 1. The van der Waals surface area contributed by atoms with Gasteiger partial charge < -0.3 is 10.1 Å². The molecule has 0 bridgehead atoms. The van der Waals surface area contributed by atoms with E-state index in [4.69, 9.17) is 0 Å². The van der Waals surface area contributed by atoms with Crippen molar-refractivity contribution in [1.29, 1.82) is 0 Å². The molecule has 1 aliphatic carbocycles. The average molecular weight is 260 g/mol. The standard InChI is InChI=1S/C12H15F3N2O/c13-12(14,15)8-18-7-6-16-11-5-4-9-2-1-3-10(9)17-11/h4-5H,1-3,6-8H2,(H,16,17). The number of nitrogens with one attached hydrogen (secondary N) is 1. The van der Waals surface area contributed by atoms with E-state index in [0.29, 0.717) is 12.4 Å². The van der Waals surface area contributed by atoms with Crippen LogP contribution in [0, 0.1) is 0 Å². The summed E-state index contributed by atoms with van der Waals surface area (Å²) in [5.41, 5.74) is 2.37. The lowest BCUT2D eigenvalue weighted by atomic mass is 10.2. The third kappa shape index (κ3) is 3.87. The normalized spacial score (nSPS) is 14.6. The van der Waals surface area contributed by atoms with Crippen molar-refractivity contribution in [3.63, 3.8) is 0 Å². The molecule has 1 N–H and O–H groups in total. The molecule has 6 heteroatoms. The molecule has 0 atom stereocenters. The van der Waals surface area contributed by atoms with Crippen LogP contribution in [-0.2, 0) is 17.6 Å². The fourth-order valence-electron chi connectivity index (χ4n) is 1.96. The van der Waals surface area contributed by atoms with Gasteiger partial charge >= 0.3 is 6.18 Å². The quantitative estimate of drug-likeness (QED) is 0.826. The number of rotatable bonds is 5. The average Bonchev–Trinajstić information content (AvgIpc) is 2.74. The summed E-state index contributed by atoms with van der Waals surface area (Å²) in [6, 6.07) is 3.88. The van der Waals surface area contributed by atoms with Crippen molar-refractivity contribution in [2.45, 2.75) is 25.4 Å². The molecule has 1 heterocycles. The fraction of sp³-hybridized carbons (Fsp3) is 0.583. The second kappa shape index (κ2) is 5.56. The van der Waals surface area contributed by atoms with Crippen molar-refractivity contribution in [3.05, 3.63) is 23.4 Å². The summed E-state index contributed by atoms with van der Waals surface area (Å²) in [6.45, 7) is -0.869. The van der Waals surface area contributed by atoms with Gasteiger partial charge in [-0.05, 0) is 30.9 Å². The number of anilines is 1. The molecule has 0 unspecified atom stereocenters. The van der Waals surface area contributed by atoms with Crippen LogP contribution in [0.5, 0.6) is 0 Å². The van der Waals surface area contributed by atoms with E-state index in [2.05, 4.69) is 15.0 Å². The number of nitrogens with zero attached hydrogens (tertiary/aromatic N) is 1. The maximum atomic E-state index is 11.8. The zero-order valence-corrected chi connectivity index (χ0v) is 9.89. The minimum absolute atomic E-state index is 0.0122. The molecule has 0 aromatic carbocycles. The Morgan fingerprint density at radius 3 is 2.89 bits per heavy atom. The van der Waals surface area contributed by atoms with E-state index in [1.807, 2.05) is 12.1 Å². The smallest absolute Gasteiger partial charge is 0.370 e. The minimum atomic E-state index is -4.26.